The lowest BCUT2D eigenvalue weighted by Crippen LogP contribution is -2.35. The van der Waals surface area contributed by atoms with Crippen molar-refractivity contribution in [2.24, 2.45) is 0 Å². The summed E-state index contributed by atoms with van der Waals surface area (Å²) in [6.45, 7) is 6.15. The second-order valence-electron chi connectivity index (χ2n) is 6.82. The van der Waals surface area contributed by atoms with Gasteiger partial charge in [0.15, 0.2) is 0 Å². The summed E-state index contributed by atoms with van der Waals surface area (Å²) in [4.78, 5) is 12.0. The molecule has 2 aromatic carbocycles. The van der Waals surface area contributed by atoms with Crippen molar-refractivity contribution in [2.75, 3.05) is 6.54 Å². The maximum atomic E-state index is 12.0. The average molecular weight is 437 g/mol. The van der Waals surface area contributed by atoms with Crippen molar-refractivity contribution in [1.82, 2.24) is 5.32 Å². The number of carbonyl (C=O) groups is 1. The molecule has 0 aliphatic rings. The van der Waals surface area contributed by atoms with Crippen molar-refractivity contribution >= 4 is 28.7 Å². The number of benzene rings is 2. The first-order valence-corrected chi connectivity index (χ1v) is 9.17. The van der Waals surface area contributed by atoms with Gasteiger partial charge in [0.05, 0.1) is 0 Å². The zero-order valence-electron chi connectivity index (χ0n) is 14.4. The van der Waals surface area contributed by atoms with Gasteiger partial charge in [0.2, 0.25) is 0 Å². The van der Waals surface area contributed by atoms with E-state index in [4.69, 9.17) is 4.74 Å². The number of nitrogens with one attached hydrogen (secondary N) is 1. The van der Waals surface area contributed by atoms with Crippen LogP contribution < -0.4 is 5.32 Å². The quantitative estimate of drug-likeness (QED) is 0.658. The molecule has 1 atom stereocenters. The first-order valence-electron chi connectivity index (χ1n) is 8.10. The van der Waals surface area contributed by atoms with Gasteiger partial charge in [-0.1, -0.05) is 42.5 Å². The van der Waals surface area contributed by atoms with Crippen LogP contribution in [-0.2, 0) is 11.2 Å². The predicted molar refractivity (Wildman–Crippen MR) is 106 cm³/mol. The number of hydrogen-bond acceptors (Lipinski definition) is 2. The summed E-state index contributed by atoms with van der Waals surface area (Å²) in [5, 5.41) is 2.91. The Morgan fingerprint density at radius 2 is 1.71 bits per heavy atom. The highest BCUT2D eigenvalue weighted by Gasteiger charge is 2.18. The molecule has 0 radical (unpaired) electrons. The molecule has 128 valence electrons. The molecule has 0 spiro atoms. The lowest BCUT2D eigenvalue weighted by atomic mass is 9.92. The SMILES string of the molecule is CC(C)(C)OC(=O)NCC(Cc1ccccc1)c1ccc(I)cc1. The summed E-state index contributed by atoms with van der Waals surface area (Å²) in [6, 6.07) is 18.8. The van der Waals surface area contributed by atoms with E-state index in [0.29, 0.717) is 6.54 Å². The minimum Gasteiger partial charge on any atom is -0.444 e. The monoisotopic (exact) mass is 437 g/mol. The van der Waals surface area contributed by atoms with Crippen LogP contribution in [0.15, 0.2) is 54.6 Å². The highest BCUT2D eigenvalue weighted by molar-refractivity contribution is 14.1. The molecule has 0 aromatic heterocycles. The van der Waals surface area contributed by atoms with Crippen LogP contribution >= 0.6 is 22.6 Å². The van der Waals surface area contributed by atoms with Crippen molar-refractivity contribution in [1.29, 1.82) is 0 Å². The fourth-order valence-electron chi connectivity index (χ4n) is 2.46. The number of ether oxygens (including phenoxy) is 1. The molecule has 1 N–H and O–H groups in total. The number of alkyl carbamates (subject to hydrolysis) is 1. The normalized spacial score (nSPS) is 12.5. The molecule has 0 saturated carbocycles. The Bertz CT molecular complexity index is 648. The third-order valence-corrected chi connectivity index (χ3v) is 4.28. The van der Waals surface area contributed by atoms with E-state index in [9.17, 15) is 4.79 Å². The van der Waals surface area contributed by atoms with E-state index in [2.05, 4.69) is 64.3 Å². The third-order valence-electron chi connectivity index (χ3n) is 3.56. The highest BCUT2D eigenvalue weighted by Crippen LogP contribution is 2.22. The Balaban J connectivity index is 2.08. The molecular formula is C20H24INO2. The lowest BCUT2D eigenvalue weighted by molar-refractivity contribution is 0.0524. The van der Waals surface area contributed by atoms with Crippen molar-refractivity contribution in [3.63, 3.8) is 0 Å². The second-order valence-corrected chi connectivity index (χ2v) is 8.07. The fourth-order valence-corrected chi connectivity index (χ4v) is 2.82. The average Bonchev–Trinajstić information content (AvgIpc) is 2.51. The van der Waals surface area contributed by atoms with Crippen LogP contribution in [0.4, 0.5) is 4.79 Å². The standard InChI is InChI=1S/C20H24INO2/c1-20(2,3)24-19(23)22-14-17(13-15-7-5-4-6-8-15)16-9-11-18(21)12-10-16/h4-12,17H,13-14H2,1-3H3,(H,22,23). The van der Waals surface area contributed by atoms with Crippen LogP contribution in [0.5, 0.6) is 0 Å². The zero-order valence-corrected chi connectivity index (χ0v) is 16.5. The van der Waals surface area contributed by atoms with Crippen molar-refractivity contribution in [3.8, 4) is 0 Å². The minimum atomic E-state index is -0.484. The van der Waals surface area contributed by atoms with Crippen LogP contribution in [0, 0.1) is 3.57 Å². The summed E-state index contributed by atoms with van der Waals surface area (Å²) < 4.78 is 6.55. The smallest absolute Gasteiger partial charge is 0.407 e. The Kier molecular flexibility index (Phi) is 6.66. The van der Waals surface area contributed by atoms with Gasteiger partial charge in [-0.3, -0.25) is 0 Å². The van der Waals surface area contributed by atoms with Gasteiger partial charge >= 0.3 is 6.09 Å². The fraction of sp³-hybridized carbons (Fsp3) is 0.350. The number of carbonyl (C=O) groups excluding carboxylic acids is 1. The zero-order chi connectivity index (χ0) is 17.6. The van der Waals surface area contributed by atoms with Crippen LogP contribution in [0.1, 0.15) is 37.8 Å². The lowest BCUT2D eigenvalue weighted by Gasteiger charge is -2.22. The molecule has 24 heavy (non-hydrogen) atoms. The Morgan fingerprint density at radius 1 is 1.08 bits per heavy atom. The molecule has 1 unspecified atom stereocenters. The molecule has 0 aliphatic carbocycles. The summed E-state index contributed by atoms with van der Waals surface area (Å²) in [5.74, 6) is 0.205. The Labute approximate surface area is 157 Å². The molecule has 2 rings (SSSR count). The first kappa shape index (κ1) is 18.8. The van der Waals surface area contributed by atoms with Gasteiger partial charge in [0.25, 0.3) is 0 Å². The number of halogens is 1. The van der Waals surface area contributed by atoms with Gasteiger partial charge in [-0.15, -0.1) is 0 Å². The molecule has 4 heteroatoms. The Morgan fingerprint density at radius 3 is 2.29 bits per heavy atom. The summed E-state index contributed by atoms with van der Waals surface area (Å²) in [5.41, 5.74) is 1.99. The van der Waals surface area contributed by atoms with E-state index in [1.807, 2.05) is 39.0 Å². The number of rotatable bonds is 5. The molecule has 0 fully saturated rings. The summed E-state index contributed by atoms with van der Waals surface area (Å²) in [6.07, 6.45) is 0.503. The van der Waals surface area contributed by atoms with Gasteiger partial charge in [0, 0.05) is 16.0 Å². The van der Waals surface area contributed by atoms with E-state index in [1.165, 1.54) is 14.7 Å². The maximum absolute atomic E-state index is 12.0. The Hall–Kier alpha value is -1.56. The van der Waals surface area contributed by atoms with E-state index in [0.717, 1.165) is 6.42 Å². The predicted octanol–water partition coefficient (Wildman–Crippen LogP) is 5.14. The van der Waals surface area contributed by atoms with Gasteiger partial charge in [-0.05, 0) is 73.0 Å². The number of hydrogen-bond donors (Lipinski definition) is 1. The van der Waals surface area contributed by atoms with Crippen LogP contribution in [0.2, 0.25) is 0 Å². The highest BCUT2D eigenvalue weighted by atomic mass is 127. The van der Waals surface area contributed by atoms with Gasteiger partial charge in [-0.25, -0.2) is 4.79 Å². The maximum Gasteiger partial charge on any atom is 0.407 e. The third kappa shape index (κ3) is 6.51. The molecule has 0 bridgehead atoms. The van der Waals surface area contributed by atoms with Gasteiger partial charge in [-0.2, -0.15) is 0 Å². The molecule has 0 saturated heterocycles. The van der Waals surface area contributed by atoms with Gasteiger partial charge in [0.1, 0.15) is 5.60 Å². The minimum absolute atomic E-state index is 0.205. The summed E-state index contributed by atoms with van der Waals surface area (Å²) in [7, 11) is 0. The molecule has 0 aliphatic heterocycles. The van der Waals surface area contributed by atoms with Crippen molar-refractivity contribution in [3.05, 3.63) is 69.3 Å². The van der Waals surface area contributed by atoms with Crippen LogP contribution in [-0.4, -0.2) is 18.2 Å². The molecule has 3 nitrogen and oxygen atoms in total. The van der Waals surface area contributed by atoms with Crippen LogP contribution in [0.3, 0.4) is 0 Å². The van der Waals surface area contributed by atoms with Crippen molar-refractivity contribution in [2.45, 2.75) is 38.7 Å². The first-order chi connectivity index (χ1) is 11.3. The molecule has 1 amide bonds. The van der Waals surface area contributed by atoms with E-state index in [1.54, 1.807) is 0 Å². The van der Waals surface area contributed by atoms with E-state index >= 15 is 0 Å². The summed E-state index contributed by atoms with van der Waals surface area (Å²) >= 11 is 2.30. The topological polar surface area (TPSA) is 38.3 Å². The van der Waals surface area contributed by atoms with Gasteiger partial charge < -0.3 is 10.1 Å². The largest absolute Gasteiger partial charge is 0.444 e. The molecular weight excluding hydrogens is 413 g/mol. The molecule has 2 aromatic rings. The molecule has 0 heterocycles. The van der Waals surface area contributed by atoms with E-state index < -0.39 is 5.60 Å². The van der Waals surface area contributed by atoms with Crippen LogP contribution in [0.25, 0.3) is 0 Å². The van der Waals surface area contributed by atoms with E-state index in [-0.39, 0.29) is 12.0 Å². The second kappa shape index (κ2) is 8.51. The van der Waals surface area contributed by atoms with Crippen molar-refractivity contribution < 1.29 is 9.53 Å². The number of amides is 1.